The van der Waals surface area contributed by atoms with Crippen LogP contribution in [0.15, 0.2) is 42.0 Å². The molecule has 0 aliphatic heterocycles. The van der Waals surface area contributed by atoms with Gasteiger partial charge in [-0.15, -0.1) is 0 Å². The molecule has 2 aromatic rings. The Hall–Kier alpha value is 0.0800. The van der Waals surface area contributed by atoms with Crippen molar-refractivity contribution in [3.05, 3.63) is 53.1 Å². The van der Waals surface area contributed by atoms with E-state index in [-0.39, 0.29) is 24.8 Å². The summed E-state index contributed by atoms with van der Waals surface area (Å²) >= 11 is -0.787. The van der Waals surface area contributed by atoms with Crippen molar-refractivity contribution in [3.8, 4) is 0 Å². The minimum atomic E-state index is -0.869. The molecule has 0 bridgehead atoms. The molecular weight excluding hydrogens is 398 g/mol. The number of benzene rings is 2. The Morgan fingerprint density at radius 1 is 1.05 bits per heavy atom. The van der Waals surface area contributed by atoms with E-state index in [1.165, 1.54) is 27.5 Å². The molecule has 0 aromatic heterocycles. The maximum Gasteiger partial charge on any atom is -1.00 e. The second kappa shape index (κ2) is 8.08. The van der Waals surface area contributed by atoms with E-state index >= 15 is 0 Å². The van der Waals surface area contributed by atoms with Gasteiger partial charge in [-0.25, -0.2) is 0 Å². The van der Waals surface area contributed by atoms with Gasteiger partial charge in [0.2, 0.25) is 0 Å². The van der Waals surface area contributed by atoms with Crippen LogP contribution in [0.5, 0.6) is 0 Å². The molecule has 110 valence electrons. The van der Waals surface area contributed by atoms with Crippen LogP contribution < -0.4 is 24.8 Å². The number of allylic oxidation sites excluding steroid dienone is 1. The number of halogens is 2. The molecule has 1 aliphatic rings. The first-order chi connectivity index (χ1) is 9.16. The fourth-order valence-electron chi connectivity index (χ4n) is 2.64. The average molecular weight is 417 g/mol. The van der Waals surface area contributed by atoms with Crippen molar-refractivity contribution in [1.29, 1.82) is 0 Å². The SMILES string of the molecule is CC1=Cc2c(ccc3ccccc23)[CH]1[Zr+2][O][SiH](C)C.[Cl-].[Cl-]. The summed E-state index contributed by atoms with van der Waals surface area (Å²) in [5, 5.41) is 2.73. The van der Waals surface area contributed by atoms with Gasteiger partial charge in [-0.1, -0.05) is 0 Å². The Kier molecular flexibility index (Phi) is 7.36. The van der Waals surface area contributed by atoms with Crippen LogP contribution in [0.1, 0.15) is 21.7 Å². The number of hydrogen-bond acceptors (Lipinski definition) is 1. The van der Waals surface area contributed by atoms with Crippen LogP contribution in [0, 0.1) is 0 Å². The van der Waals surface area contributed by atoms with Gasteiger partial charge >= 0.3 is 129 Å². The van der Waals surface area contributed by atoms with E-state index in [0.717, 1.165) is 0 Å². The summed E-state index contributed by atoms with van der Waals surface area (Å²) in [7, 11) is -0.869. The molecular formula is C16H18Cl2OSiZr. The Bertz CT molecular complexity index is 658. The maximum atomic E-state index is 6.13. The molecule has 0 amide bonds. The Labute approximate surface area is 152 Å². The van der Waals surface area contributed by atoms with E-state index in [4.69, 9.17) is 2.50 Å². The smallest absolute Gasteiger partial charge is 1.00 e. The molecule has 0 spiro atoms. The summed E-state index contributed by atoms with van der Waals surface area (Å²) < 4.78 is 6.76. The summed E-state index contributed by atoms with van der Waals surface area (Å²) in [5.41, 5.74) is 4.46. The summed E-state index contributed by atoms with van der Waals surface area (Å²) in [6.07, 6.45) is 2.38. The Morgan fingerprint density at radius 3 is 2.48 bits per heavy atom. The fraction of sp³-hybridized carbons (Fsp3) is 0.250. The van der Waals surface area contributed by atoms with Gasteiger partial charge < -0.3 is 24.8 Å². The van der Waals surface area contributed by atoms with Gasteiger partial charge in [0.25, 0.3) is 0 Å². The third-order valence-electron chi connectivity index (χ3n) is 3.56. The first kappa shape index (κ1) is 19.1. The van der Waals surface area contributed by atoms with Gasteiger partial charge in [-0.3, -0.25) is 0 Å². The molecule has 0 fully saturated rings. The molecule has 1 nitrogen and oxygen atoms in total. The van der Waals surface area contributed by atoms with Crippen molar-refractivity contribution in [2.75, 3.05) is 0 Å². The maximum absolute atomic E-state index is 6.13. The second-order valence-corrected chi connectivity index (χ2v) is 11.5. The third kappa shape index (κ3) is 3.89. The van der Waals surface area contributed by atoms with Crippen molar-refractivity contribution in [1.82, 2.24) is 0 Å². The molecule has 1 aliphatic carbocycles. The average Bonchev–Trinajstić information content (AvgIpc) is 2.72. The minimum absolute atomic E-state index is 0. The summed E-state index contributed by atoms with van der Waals surface area (Å²) in [6.45, 7) is 6.82. The topological polar surface area (TPSA) is 9.23 Å². The summed E-state index contributed by atoms with van der Waals surface area (Å²) in [6, 6.07) is 13.3. The van der Waals surface area contributed by atoms with Gasteiger partial charge in [0.05, 0.1) is 0 Å². The van der Waals surface area contributed by atoms with Crippen LogP contribution in [-0.2, 0) is 26.2 Å². The van der Waals surface area contributed by atoms with Crippen molar-refractivity contribution >= 4 is 25.9 Å². The molecule has 2 aromatic carbocycles. The summed E-state index contributed by atoms with van der Waals surface area (Å²) in [5.74, 6) is 0. The van der Waals surface area contributed by atoms with Crippen LogP contribution >= 0.6 is 0 Å². The van der Waals surface area contributed by atoms with Crippen molar-refractivity contribution in [2.24, 2.45) is 0 Å². The molecule has 5 heteroatoms. The minimum Gasteiger partial charge on any atom is -1.00 e. The molecule has 1 atom stereocenters. The molecule has 0 saturated heterocycles. The van der Waals surface area contributed by atoms with Gasteiger partial charge in [0.1, 0.15) is 0 Å². The standard InChI is InChI=1S/C14H11.C2H7OSi.2ClH.Zr/c1-10-8-12-7-6-11-4-2-3-5-13(11)14(12)9-10;1-4(2)3;;;/h2-9H,1H3;4H,1-2H3;2*1H;/q;-1;;;+3/p-2. The van der Waals surface area contributed by atoms with E-state index in [9.17, 15) is 0 Å². The molecule has 0 saturated carbocycles. The van der Waals surface area contributed by atoms with E-state index in [1.807, 2.05) is 0 Å². The monoisotopic (exact) mass is 414 g/mol. The van der Waals surface area contributed by atoms with Crippen molar-refractivity contribution in [3.63, 3.8) is 0 Å². The quantitative estimate of drug-likeness (QED) is 0.543. The van der Waals surface area contributed by atoms with Crippen molar-refractivity contribution < 1.29 is 51.0 Å². The Balaban J connectivity index is 0.00000110. The number of rotatable bonds is 3. The first-order valence-electron chi connectivity index (χ1n) is 6.78. The van der Waals surface area contributed by atoms with Gasteiger partial charge in [0, 0.05) is 0 Å². The van der Waals surface area contributed by atoms with Crippen molar-refractivity contribution in [2.45, 2.75) is 23.6 Å². The largest absolute Gasteiger partial charge is 1.00 e. The van der Waals surface area contributed by atoms with Gasteiger partial charge in [-0.2, -0.15) is 0 Å². The van der Waals surface area contributed by atoms with E-state index in [2.05, 4.69) is 62.5 Å². The zero-order valence-electron chi connectivity index (χ0n) is 12.4. The first-order valence-corrected chi connectivity index (χ1v) is 12.0. The molecule has 21 heavy (non-hydrogen) atoms. The van der Waals surface area contributed by atoms with Gasteiger partial charge in [0.15, 0.2) is 0 Å². The molecule has 0 radical (unpaired) electrons. The van der Waals surface area contributed by atoms with Crippen LogP contribution in [-0.4, -0.2) is 9.04 Å². The van der Waals surface area contributed by atoms with Crippen LogP contribution in [0.3, 0.4) is 0 Å². The zero-order chi connectivity index (χ0) is 13.4. The molecule has 0 N–H and O–H groups in total. The molecule has 1 unspecified atom stereocenters. The zero-order valence-corrected chi connectivity index (χ0v) is 17.5. The number of fused-ring (bicyclic) bond motifs is 3. The van der Waals surface area contributed by atoms with Crippen LogP contribution in [0.4, 0.5) is 0 Å². The summed E-state index contributed by atoms with van der Waals surface area (Å²) in [4.78, 5) is 0. The fourth-order valence-corrected chi connectivity index (χ4v) is 7.65. The second-order valence-electron chi connectivity index (χ2n) is 5.40. The third-order valence-corrected chi connectivity index (χ3v) is 11.1. The van der Waals surface area contributed by atoms with E-state index < -0.39 is 32.7 Å². The molecule has 0 heterocycles. The van der Waals surface area contributed by atoms with Crippen LogP contribution in [0.2, 0.25) is 13.1 Å². The van der Waals surface area contributed by atoms with E-state index in [1.54, 1.807) is 0 Å². The van der Waals surface area contributed by atoms with Gasteiger partial charge in [-0.05, 0) is 0 Å². The predicted molar refractivity (Wildman–Crippen MR) is 80.3 cm³/mol. The van der Waals surface area contributed by atoms with E-state index in [0.29, 0.717) is 3.63 Å². The molecule has 3 rings (SSSR count). The predicted octanol–water partition coefficient (Wildman–Crippen LogP) is -1.70. The van der Waals surface area contributed by atoms with Crippen LogP contribution in [0.25, 0.3) is 16.8 Å². The normalized spacial score (nSPS) is 15.8. The number of hydrogen-bond donors (Lipinski definition) is 0. The Morgan fingerprint density at radius 2 is 1.76 bits per heavy atom.